The lowest BCUT2D eigenvalue weighted by molar-refractivity contribution is -0.145. The molecular weight excluding hydrogens is 470 g/mol. The van der Waals surface area contributed by atoms with E-state index in [1.165, 1.54) is 7.11 Å². The van der Waals surface area contributed by atoms with Crippen LogP contribution in [0.4, 0.5) is 4.79 Å². The van der Waals surface area contributed by atoms with E-state index in [1.807, 2.05) is 91.1 Å². The van der Waals surface area contributed by atoms with Crippen LogP contribution in [-0.4, -0.2) is 42.1 Å². The molecule has 2 amide bonds. The Kier molecular flexibility index (Phi) is 8.54. The lowest BCUT2D eigenvalue weighted by atomic mass is 10.0. The van der Waals surface area contributed by atoms with Gasteiger partial charge in [0.05, 0.1) is 7.11 Å². The molecule has 37 heavy (non-hydrogen) atoms. The van der Waals surface area contributed by atoms with Crippen LogP contribution < -0.4 is 10.6 Å². The van der Waals surface area contributed by atoms with E-state index in [-0.39, 0.29) is 19.4 Å². The van der Waals surface area contributed by atoms with Crippen molar-refractivity contribution in [3.05, 3.63) is 108 Å². The first kappa shape index (κ1) is 25.5. The van der Waals surface area contributed by atoms with Crippen molar-refractivity contribution in [3.8, 4) is 0 Å². The fraction of sp³-hybridized carbons (Fsp3) is 0.207. The molecule has 8 nitrogen and oxygen atoms in total. The molecule has 0 bridgehead atoms. The molecule has 0 saturated heterocycles. The number of fused-ring (bicyclic) bond motifs is 1. The number of ether oxygens (including phenoxy) is 2. The molecule has 3 aromatic carbocycles. The average molecular weight is 500 g/mol. The van der Waals surface area contributed by atoms with Crippen LogP contribution in [0.1, 0.15) is 16.7 Å². The zero-order chi connectivity index (χ0) is 26.0. The Hall–Kier alpha value is -4.59. The van der Waals surface area contributed by atoms with E-state index in [0.717, 1.165) is 27.6 Å². The Labute approximate surface area is 215 Å². The number of rotatable bonds is 10. The van der Waals surface area contributed by atoms with Gasteiger partial charge in [-0.2, -0.15) is 0 Å². The summed E-state index contributed by atoms with van der Waals surface area (Å²) in [5.74, 6) is -1.10. The van der Waals surface area contributed by atoms with Crippen molar-refractivity contribution >= 4 is 28.9 Å². The van der Waals surface area contributed by atoms with E-state index in [0.29, 0.717) is 0 Å². The van der Waals surface area contributed by atoms with Crippen LogP contribution in [-0.2, 0) is 38.5 Å². The van der Waals surface area contributed by atoms with Crippen molar-refractivity contribution in [2.24, 2.45) is 0 Å². The molecule has 1 heterocycles. The van der Waals surface area contributed by atoms with E-state index in [2.05, 4.69) is 15.6 Å². The lowest BCUT2D eigenvalue weighted by Crippen LogP contribution is -2.53. The second-order valence-electron chi connectivity index (χ2n) is 8.60. The number of para-hydroxylation sites is 1. The molecule has 0 aliphatic heterocycles. The Morgan fingerprint density at radius 2 is 1.43 bits per heavy atom. The fourth-order valence-corrected chi connectivity index (χ4v) is 4.09. The van der Waals surface area contributed by atoms with E-state index in [1.54, 1.807) is 0 Å². The summed E-state index contributed by atoms with van der Waals surface area (Å²) in [5.41, 5.74) is 3.46. The summed E-state index contributed by atoms with van der Waals surface area (Å²) < 4.78 is 10.3. The van der Waals surface area contributed by atoms with Crippen molar-refractivity contribution in [2.45, 2.75) is 31.5 Å². The number of H-pyrrole nitrogens is 1. The number of alkyl carbamates (subject to hydrolysis) is 1. The molecule has 0 saturated carbocycles. The van der Waals surface area contributed by atoms with Gasteiger partial charge < -0.3 is 25.1 Å². The van der Waals surface area contributed by atoms with Crippen LogP contribution in [0.2, 0.25) is 0 Å². The van der Waals surface area contributed by atoms with Crippen LogP contribution >= 0.6 is 0 Å². The summed E-state index contributed by atoms with van der Waals surface area (Å²) in [6.45, 7) is 0.0672. The van der Waals surface area contributed by atoms with Crippen LogP contribution in [0.25, 0.3) is 10.9 Å². The van der Waals surface area contributed by atoms with E-state index >= 15 is 0 Å². The van der Waals surface area contributed by atoms with Gasteiger partial charge in [-0.25, -0.2) is 9.59 Å². The predicted molar refractivity (Wildman–Crippen MR) is 140 cm³/mol. The van der Waals surface area contributed by atoms with Crippen molar-refractivity contribution in [2.75, 3.05) is 7.11 Å². The highest BCUT2D eigenvalue weighted by Crippen LogP contribution is 2.19. The molecule has 1 aromatic heterocycles. The zero-order valence-electron chi connectivity index (χ0n) is 20.5. The number of nitrogens with one attached hydrogen (secondary N) is 3. The van der Waals surface area contributed by atoms with Crippen molar-refractivity contribution in [1.82, 2.24) is 15.6 Å². The molecule has 0 aliphatic carbocycles. The maximum Gasteiger partial charge on any atom is 0.408 e. The van der Waals surface area contributed by atoms with Gasteiger partial charge in [-0.15, -0.1) is 0 Å². The summed E-state index contributed by atoms with van der Waals surface area (Å²) in [6, 6.07) is 24.3. The van der Waals surface area contributed by atoms with Crippen molar-refractivity contribution in [1.29, 1.82) is 0 Å². The van der Waals surface area contributed by atoms with Gasteiger partial charge in [0.2, 0.25) is 5.91 Å². The molecule has 0 fully saturated rings. The number of amides is 2. The second kappa shape index (κ2) is 12.4. The topological polar surface area (TPSA) is 110 Å². The molecule has 8 heteroatoms. The predicted octanol–water partition coefficient (Wildman–Crippen LogP) is 3.91. The standard InChI is InChI=1S/C29H29N3O5/c1-36-28(34)26(17-22-18-30-24-15-9-8-14-23(22)24)31-27(33)25(16-20-10-4-2-5-11-20)32-29(35)37-19-21-12-6-3-7-13-21/h2-15,18,25-26,30H,16-17,19H2,1H3,(H,31,33)(H,32,35)/t25-,26-/m0/s1. The van der Waals surface area contributed by atoms with Crippen LogP contribution in [0.15, 0.2) is 91.1 Å². The summed E-state index contributed by atoms with van der Waals surface area (Å²) in [4.78, 5) is 41.8. The minimum Gasteiger partial charge on any atom is -0.467 e. The van der Waals surface area contributed by atoms with Crippen LogP contribution in [0.5, 0.6) is 0 Å². The minimum atomic E-state index is -0.971. The number of hydrogen-bond acceptors (Lipinski definition) is 5. The number of carbonyl (C=O) groups excluding carboxylic acids is 3. The minimum absolute atomic E-state index is 0.0672. The number of benzene rings is 3. The smallest absolute Gasteiger partial charge is 0.408 e. The SMILES string of the molecule is COC(=O)[C@H](Cc1c[nH]c2ccccc12)NC(=O)[C@H](Cc1ccccc1)NC(=O)OCc1ccccc1. The van der Waals surface area contributed by atoms with Crippen molar-refractivity contribution in [3.63, 3.8) is 0 Å². The molecule has 0 unspecified atom stereocenters. The third-order valence-corrected chi connectivity index (χ3v) is 6.01. The number of methoxy groups -OCH3 is 1. The monoisotopic (exact) mass is 499 g/mol. The summed E-state index contributed by atoms with van der Waals surface area (Å²) >= 11 is 0. The van der Waals surface area contributed by atoms with Gasteiger partial charge in [0.15, 0.2) is 0 Å². The third-order valence-electron chi connectivity index (χ3n) is 6.01. The van der Waals surface area contributed by atoms with Gasteiger partial charge in [-0.1, -0.05) is 78.9 Å². The highest BCUT2D eigenvalue weighted by molar-refractivity contribution is 5.91. The number of aromatic amines is 1. The molecule has 4 aromatic rings. The highest BCUT2D eigenvalue weighted by Gasteiger charge is 2.29. The molecule has 4 rings (SSSR count). The van der Waals surface area contributed by atoms with Crippen LogP contribution in [0.3, 0.4) is 0 Å². The second-order valence-corrected chi connectivity index (χ2v) is 8.60. The Morgan fingerprint density at radius 1 is 0.784 bits per heavy atom. The highest BCUT2D eigenvalue weighted by atomic mass is 16.5. The quantitative estimate of drug-likeness (QED) is 0.287. The van der Waals surface area contributed by atoms with E-state index in [4.69, 9.17) is 9.47 Å². The number of aromatic nitrogens is 1. The molecule has 0 aliphatic rings. The first-order valence-corrected chi connectivity index (χ1v) is 12.0. The maximum atomic E-state index is 13.4. The average Bonchev–Trinajstić information content (AvgIpc) is 3.34. The van der Waals surface area contributed by atoms with Crippen molar-refractivity contribution < 1.29 is 23.9 Å². The van der Waals surface area contributed by atoms with Gasteiger partial charge in [-0.05, 0) is 22.8 Å². The Balaban J connectivity index is 1.48. The lowest BCUT2D eigenvalue weighted by Gasteiger charge is -2.22. The third kappa shape index (κ3) is 6.98. The molecular formula is C29H29N3O5. The van der Waals surface area contributed by atoms with Crippen LogP contribution in [0, 0.1) is 0 Å². The normalized spacial score (nSPS) is 12.4. The van der Waals surface area contributed by atoms with Gasteiger partial charge in [0.25, 0.3) is 0 Å². The fourth-order valence-electron chi connectivity index (χ4n) is 4.09. The van der Waals surface area contributed by atoms with Gasteiger partial charge in [0, 0.05) is 29.9 Å². The molecule has 190 valence electrons. The first-order valence-electron chi connectivity index (χ1n) is 12.0. The van der Waals surface area contributed by atoms with E-state index in [9.17, 15) is 14.4 Å². The summed E-state index contributed by atoms with van der Waals surface area (Å²) in [5, 5.41) is 6.38. The summed E-state index contributed by atoms with van der Waals surface area (Å²) in [7, 11) is 1.28. The van der Waals surface area contributed by atoms with Gasteiger partial charge >= 0.3 is 12.1 Å². The van der Waals surface area contributed by atoms with E-state index < -0.39 is 30.1 Å². The molecule has 2 atom stereocenters. The largest absolute Gasteiger partial charge is 0.467 e. The Morgan fingerprint density at radius 3 is 2.14 bits per heavy atom. The molecule has 3 N–H and O–H groups in total. The molecule has 0 spiro atoms. The maximum absolute atomic E-state index is 13.4. The number of esters is 1. The number of carbonyl (C=O) groups is 3. The number of hydrogen-bond donors (Lipinski definition) is 3. The zero-order valence-corrected chi connectivity index (χ0v) is 20.5. The van der Waals surface area contributed by atoms with Gasteiger partial charge in [0.1, 0.15) is 18.7 Å². The Bertz CT molecular complexity index is 1340. The summed E-state index contributed by atoms with van der Waals surface area (Å²) in [6.07, 6.45) is 1.52. The first-order chi connectivity index (χ1) is 18.0. The molecule has 0 radical (unpaired) electrons. The van der Waals surface area contributed by atoms with Gasteiger partial charge in [-0.3, -0.25) is 4.79 Å².